The molecular weight excluding hydrogens is 346 g/mol. The van der Waals surface area contributed by atoms with Crippen LogP contribution in [0, 0.1) is 0 Å². The highest BCUT2D eigenvalue weighted by Gasteiger charge is 2.05. The molecule has 3 aromatic rings. The molecule has 3 rings (SSSR count). The molecule has 2 N–H and O–H groups in total. The second-order valence-corrected chi connectivity index (χ2v) is 7.23. The van der Waals surface area contributed by atoms with Crippen LogP contribution in [0.25, 0.3) is 22.4 Å². The van der Waals surface area contributed by atoms with Gasteiger partial charge in [-0.15, -0.1) is 35.1 Å². The SMILES string of the molecule is CC(C)N=C(N)c1ccc2nc(/C=C/c3cccs3)sc2c1.Cl. The van der Waals surface area contributed by atoms with Crippen LogP contribution in [0.15, 0.2) is 40.7 Å². The predicted molar refractivity (Wildman–Crippen MR) is 106 cm³/mol. The van der Waals surface area contributed by atoms with Crippen molar-refractivity contribution in [1.29, 1.82) is 0 Å². The number of aliphatic imine (C=N–C) groups is 1. The van der Waals surface area contributed by atoms with Crippen molar-refractivity contribution in [3.8, 4) is 0 Å². The summed E-state index contributed by atoms with van der Waals surface area (Å²) in [5.74, 6) is 0.584. The third kappa shape index (κ3) is 4.41. The van der Waals surface area contributed by atoms with Crippen LogP contribution in [0.1, 0.15) is 29.3 Å². The number of nitrogens with two attached hydrogens (primary N) is 1. The minimum atomic E-state index is 0. The van der Waals surface area contributed by atoms with Gasteiger partial charge in [0.2, 0.25) is 0 Å². The van der Waals surface area contributed by atoms with E-state index in [0.29, 0.717) is 5.84 Å². The van der Waals surface area contributed by atoms with Crippen molar-refractivity contribution in [2.45, 2.75) is 19.9 Å². The number of hydrogen-bond donors (Lipinski definition) is 1. The summed E-state index contributed by atoms with van der Waals surface area (Å²) >= 11 is 3.38. The van der Waals surface area contributed by atoms with Crippen molar-refractivity contribution in [2.75, 3.05) is 0 Å². The molecule has 0 spiro atoms. The molecule has 0 radical (unpaired) electrons. The molecule has 1 aromatic carbocycles. The summed E-state index contributed by atoms with van der Waals surface area (Å²) in [4.78, 5) is 10.3. The number of halogens is 1. The highest BCUT2D eigenvalue weighted by molar-refractivity contribution is 7.19. The fourth-order valence-corrected chi connectivity index (χ4v) is 3.59. The maximum atomic E-state index is 6.04. The van der Waals surface area contributed by atoms with E-state index in [0.717, 1.165) is 20.8 Å². The van der Waals surface area contributed by atoms with Gasteiger partial charge in [0.05, 0.1) is 10.2 Å². The average Bonchev–Trinajstić information content (AvgIpc) is 3.12. The van der Waals surface area contributed by atoms with E-state index in [9.17, 15) is 0 Å². The number of thiazole rings is 1. The molecule has 0 bridgehead atoms. The Morgan fingerprint density at radius 1 is 1.26 bits per heavy atom. The first-order valence-corrected chi connectivity index (χ1v) is 8.77. The fraction of sp³-hybridized carbons (Fsp3) is 0.176. The van der Waals surface area contributed by atoms with E-state index < -0.39 is 0 Å². The number of aromatic nitrogens is 1. The van der Waals surface area contributed by atoms with Crippen LogP contribution in [0.5, 0.6) is 0 Å². The van der Waals surface area contributed by atoms with Crippen LogP contribution < -0.4 is 5.73 Å². The zero-order chi connectivity index (χ0) is 15.5. The van der Waals surface area contributed by atoms with Crippen molar-refractivity contribution in [3.63, 3.8) is 0 Å². The largest absolute Gasteiger partial charge is 0.383 e. The third-order valence-electron chi connectivity index (χ3n) is 3.03. The highest BCUT2D eigenvalue weighted by atomic mass is 35.5. The Balaban J connectivity index is 0.00000192. The van der Waals surface area contributed by atoms with Gasteiger partial charge in [-0.05, 0) is 55.6 Å². The van der Waals surface area contributed by atoms with E-state index in [1.54, 1.807) is 22.7 Å². The van der Waals surface area contributed by atoms with Gasteiger partial charge in [-0.25, -0.2) is 4.98 Å². The van der Waals surface area contributed by atoms with E-state index in [4.69, 9.17) is 5.73 Å². The molecule has 0 fully saturated rings. The first kappa shape index (κ1) is 17.7. The van der Waals surface area contributed by atoms with Crippen LogP contribution in [-0.2, 0) is 0 Å². The summed E-state index contributed by atoms with van der Waals surface area (Å²) in [5.41, 5.74) is 7.99. The molecular formula is C17H18ClN3S2. The van der Waals surface area contributed by atoms with Gasteiger partial charge < -0.3 is 5.73 Å². The molecule has 0 aliphatic carbocycles. The summed E-state index contributed by atoms with van der Waals surface area (Å²) in [7, 11) is 0. The monoisotopic (exact) mass is 363 g/mol. The van der Waals surface area contributed by atoms with Crippen molar-refractivity contribution < 1.29 is 0 Å². The number of rotatable bonds is 4. The van der Waals surface area contributed by atoms with E-state index in [-0.39, 0.29) is 18.4 Å². The van der Waals surface area contributed by atoms with E-state index in [2.05, 4.69) is 39.6 Å². The number of thiophene rings is 1. The minimum absolute atomic E-state index is 0. The molecule has 120 valence electrons. The van der Waals surface area contributed by atoms with Crippen molar-refractivity contribution in [3.05, 3.63) is 51.2 Å². The smallest absolute Gasteiger partial charge is 0.125 e. The van der Waals surface area contributed by atoms with Gasteiger partial charge in [0.25, 0.3) is 0 Å². The van der Waals surface area contributed by atoms with Gasteiger partial charge in [-0.3, -0.25) is 4.99 Å². The quantitative estimate of drug-likeness (QED) is 0.520. The molecule has 0 saturated carbocycles. The Morgan fingerprint density at radius 3 is 2.78 bits per heavy atom. The van der Waals surface area contributed by atoms with Gasteiger partial charge in [0.15, 0.2) is 0 Å². The fourth-order valence-electron chi connectivity index (χ4n) is 2.07. The second kappa shape index (κ2) is 7.73. The molecule has 0 atom stereocenters. The lowest BCUT2D eigenvalue weighted by molar-refractivity contribution is 0.834. The molecule has 23 heavy (non-hydrogen) atoms. The van der Waals surface area contributed by atoms with Gasteiger partial charge in [0, 0.05) is 16.5 Å². The summed E-state index contributed by atoms with van der Waals surface area (Å²) in [6, 6.07) is 10.4. The van der Waals surface area contributed by atoms with Gasteiger partial charge in [-0.2, -0.15) is 0 Å². The topological polar surface area (TPSA) is 51.3 Å². The Hall–Kier alpha value is -1.69. The normalized spacial score (nSPS) is 12.2. The zero-order valence-electron chi connectivity index (χ0n) is 12.9. The first-order valence-electron chi connectivity index (χ1n) is 7.07. The molecule has 0 amide bonds. The molecule has 0 aliphatic rings. The van der Waals surface area contributed by atoms with E-state index in [1.165, 1.54) is 4.88 Å². The lowest BCUT2D eigenvalue weighted by atomic mass is 10.2. The average molecular weight is 364 g/mol. The van der Waals surface area contributed by atoms with Crippen molar-refractivity contribution in [1.82, 2.24) is 4.98 Å². The standard InChI is InChI=1S/C17H17N3S2.ClH/c1-11(2)19-17(18)12-5-7-14-15(10-12)22-16(20-14)8-6-13-4-3-9-21-13;/h3-11H,1-2H3,(H2,18,19);1H/b8-6+;. The van der Waals surface area contributed by atoms with E-state index >= 15 is 0 Å². The third-order valence-corrected chi connectivity index (χ3v) is 4.85. The van der Waals surface area contributed by atoms with Gasteiger partial charge >= 0.3 is 0 Å². The molecule has 6 heteroatoms. The van der Waals surface area contributed by atoms with Crippen LogP contribution >= 0.6 is 35.1 Å². The predicted octanol–water partition coefficient (Wildman–Crippen LogP) is 5.06. The number of benzene rings is 1. The lowest BCUT2D eigenvalue weighted by Crippen LogP contribution is -2.15. The van der Waals surface area contributed by atoms with Gasteiger partial charge in [-0.1, -0.05) is 6.07 Å². The van der Waals surface area contributed by atoms with Crippen LogP contribution in [0.2, 0.25) is 0 Å². The molecule has 2 aromatic heterocycles. The Kier molecular flexibility index (Phi) is 5.93. The number of fused-ring (bicyclic) bond motifs is 1. The second-order valence-electron chi connectivity index (χ2n) is 5.19. The molecule has 0 aliphatic heterocycles. The molecule has 0 saturated heterocycles. The first-order chi connectivity index (χ1) is 10.6. The summed E-state index contributed by atoms with van der Waals surface area (Å²) in [6.07, 6.45) is 4.15. The summed E-state index contributed by atoms with van der Waals surface area (Å²) in [6.45, 7) is 4.04. The molecule has 0 unspecified atom stereocenters. The van der Waals surface area contributed by atoms with Gasteiger partial charge in [0.1, 0.15) is 10.8 Å². The Labute approximate surface area is 150 Å². The molecule has 2 heterocycles. The Morgan fingerprint density at radius 2 is 2.09 bits per heavy atom. The van der Waals surface area contributed by atoms with Crippen LogP contribution in [0.4, 0.5) is 0 Å². The lowest BCUT2D eigenvalue weighted by Gasteiger charge is -2.02. The number of hydrogen-bond acceptors (Lipinski definition) is 4. The van der Waals surface area contributed by atoms with Crippen molar-refractivity contribution >= 4 is 63.3 Å². The van der Waals surface area contributed by atoms with E-state index in [1.807, 2.05) is 32.0 Å². The van der Waals surface area contributed by atoms with Crippen LogP contribution in [-0.4, -0.2) is 16.9 Å². The summed E-state index contributed by atoms with van der Waals surface area (Å²) < 4.78 is 1.13. The number of nitrogens with zero attached hydrogens (tertiary/aromatic N) is 2. The maximum Gasteiger partial charge on any atom is 0.125 e. The summed E-state index contributed by atoms with van der Waals surface area (Å²) in [5, 5.41) is 3.07. The van der Waals surface area contributed by atoms with Crippen LogP contribution in [0.3, 0.4) is 0 Å². The number of amidine groups is 1. The Bertz CT molecular complexity index is 833. The highest BCUT2D eigenvalue weighted by Crippen LogP contribution is 2.25. The maximum absolute atomic E-state index is 6.04. The van der Waals surface area contributed by atoms with Crippen molar-refractivity contribution in [2.24, 2.45) is 10.7 Å². The zero-order valence-corrected chi connectivity index (χ0v) is 15.3. The molecule has 3 nitrogen and oxygen atoms in total. The minimum Gasteiger partial charge on any atom is -0.383 e.